The Hall–Kier alpha value is -2.65. The molecular weight excluding hydrogens is 380 g/mol. The number of amides is 2. The number of ether oxygens (including phenoxy) is 2. The first-order valence-electron chi connectivity index (χ1n) is 9.39. The van der Waals surface area contributed by atoms with Crippen LogP contribution in [0, 0.1) is 5.92 Å². The Bertz CT molecular complexity index is 757. The minimum absolute atomic E-state index is 0.179. The summed E-state index contributed by atoms with van der Waals surface area (Å²) in [5.41, 5.74) is -0.196. The SMILES string of the molecule is CC(C)COCC(NC(=O)OC(C)(C)C)C(=O)ON1C(=O)c2ccccc2C1O. The lowest BCUT2D eigenvalue weighted by atomic mass is 10.1. The van der Waals surface area contributed by atoms with Crippen LogP contribution in [0.15, 0.2) is 24.3 Å². The minimum atomic E-state index is -1.43. The topological polar surface area (TPSA) is 114 Å². The summed E-state index contributed by atoms with van der Waals surface area (Å²) < 4.78 is 10.6. The molecule has 2 unspecified atom stereocenters. The lowest BCUT2D eigenvalue weighted by molar-refractivity contribution is -0.211. The summed E-state index contributed by atoms with van der Waals surface area (Å²) in [6.07, 6.45) is -2.26. The van der Waals surface area contributed by atoms with Crippen LogP contribution in [0.3, 0.4) is 0 Å². The van der Waals surface area contributed by atoms with Gasteiger partial charge in [0.1, 0.15) is 5.60 Å². The molecule has 0 saturated carbocycles. The molecule has 1 aliphatic heterocycles. The molecule has 0 radical (unpaired) electrons. The third kappa shape index (κ3) is 6.16. The molecule has 0 saturated heterocycles. The van der Waals surface area contributed by atoms with Crippen LogP contribution in [0.4, 0.5) is 4.79 Å². The van der Waals surface area contributed by atoms with Gasteiger partial charge in [0.25, 0.3) is 5.91 Å². The van der Waals surface area contributed by atoms with E-state index in [1.165, 1.54) is 6.07 Å². The highest BCUT2D eigenvalue weighted by atomic mass is 16.7. The third-order valence-corrected chi connectivity index (χ3v) is 3.79. The number of nitrogens with one attached hydrogen (secondary N) is 1. The van der Waals surface area contributed by atoms with Gasteiger partial charge in [-0.2, -0.15) is 0 Å². The van der Waals surface area contributed by atoms with Crippen molar-refractivity contribution in [1.29, 1.82) is 0 Å². The van der Waals surface area contributed by atoms with E-state index < -0.39 is 35.8 Å². The van der Waals surface area contributed by atoms with E-state index in [4.69, 9.17) is 14.3 Å². The fourth-order valence-corrected chi connectivity index (χ4v) is 2.57. The van der Waals surface area contributed by atoms with Crippen LogP contribution in [0.2, 0.25) is 0 Å². The van der Waals surface area contributed by atoms with Gasteiger partial charge in [-0.3, -0.25) is 4.79 Å². The molecule has 0 bridgehead atoms. The molecule has 2 N–H and O–H groups in total. The van der Waals surface area contributed by atoms with Crippen molar-refractivity contribution < 1.29 is 33.8 Å². The lowest BCUT2D eigenvalue weighted by Crippen LogP contribution is -2.49. The average Bonchev–Trinajstić information content (AvgIpc) is 2.84. The molecular formula is C20H28N2O7. The number of hydrogen-bond acceptors (Lipinski definition) is 7. The molecule has 1 aromatic rings. The zero-order chi connectivity index (χ0) is 21.8. The van der Waals surface area contributed by atoms with Crippen molar-refractivity contribution in [2.75, 3.05) is 13.2 Å². The average molecular weight is 408 g/mol. The van der Waals surface area contributed by atoms with Gasteiger partial charge < -0.3 is 24.7 Å². The van der Waals surface area contributed by atoms with Gasteiger partial charge in [0.2, 0.25) is 0 Å². The monoisotopic (exact) mass is 408 g/mol. The smallest absolute Gasteiger partial charge is 0.408 e. The normalized spacial score (nSPS) is 17.1. The van der Waals surface area contributed by atoms with Crippen LogP contribution in [0.5, 0.6) is 0 Å². The predicted molar refractivity (Wildman–Crippen MR) is 102 cm³/mol. The van der Waals surface area contributed by atoms with Crippen molar-refractivity contribution >= 4 is 18.0 Å². The summed E-state index contributed by atoms with van der Waals surface area (Å²) in [5, 5.41) is 13.3. The summed E-state index contributed by atoms with van der Waals surface area (Å²) in [5.74, 6) is -1.40. The number of carbonyl (C=O) groups is 3. The van der Waals surface area contributed by atoms with E-state index in [2.05, 4.69) is 5.32 Å². The molecule has 0 spiro atoms. The predicted octanol–water partition coefficient (Wildman–Crippen LogP) is 2.16. The van der Waals surface area contributed by atoms with Gasteiger partial charge >= 0.3 is 12.1 Å². The first kappa shape index (κ1) is 22.6. The van der Waals surface area contributed by atoms with Gasteiger partial charge in [-0.25, -0.2) is 9.59 Å². The Morgan fingerprint density at radius 3 is 2.45 bits per heavy atom. The first-order chi connectivity index (χ1) is 13.5. The number of nitrogens with zero attached hydrogens (tertiary/aromatic N) is 1. The number of fused-ring (bicyclic) bond motifs is 1. The molecule has 1 aliphatic rings. The van der Waals surface area contributed by atoms with E-state index in [0.29, 0.717) is 17.2 Å². The van der Waals surface area contributed by atoms with Gasteiger partial charge in [-0.05, 0) is 32.8 Å². The molecule has 1 heterocycles. The molecule has 0 aliphatic carbocycles. The Balaban J connectivity index is 2.08. The van der Waals surface area contributed by atoms with Crippen LogP contribution in [0.1, 0.15) is 56.8 Å². The Morgan fingerprint density at radius 2 is 1.86 bits per heavy atom. The Morgan fingerprint density at radius 1 is 1.21 bits per heavy atom. The maximum absolute atomic E-state index is 12.6. The maximum atomic E-state index is 12.6. The minimum Gasteiger partial charge on any atom is -0.444 e. The molecule has 2 rings (SSSR count). The van der Waals surface area contributed by atoms with E-state index in [0.717, 1.165) is 0 Å². The zero-order valence-corrected chi connectivity index (χ0v) is 17.3. The van der Waals surface area contributed by atoms with E-state index in [-0.39, 0.29) is 18.1 Å². The largest absolute Gasteiger partial charge is 0.444 e. The van der Waals surface area contributed by atoms with Crippen molar-refractivity contribution in [2.24, 2.45) is 5.92 Å². The number of rotatable bonds is 7. The van der Waals surface area contributed by atoms with E-state index in [1.807, 2.05) is 13.8 Å². The number of benzene rings is 1. The van der Waals surface area contributed by atoms with Crippen molar-refractivity contribution in [3.63, 3.8) is 0 Å². The van der Waals surface area contributed by atoms with Crippen LogP contribution in [-0.2, 0) is 19.1 Å². The molecule has 2 amide bonds. The van der Waals surface area contributed by atoms with Crippen molar-refractivity contribution in [2.45, 2.75) is 52.5 Å². The number of carbonyl (C=O) groups excluding carboxylic acids is 3. The summed E-state index contributed by atoms with van der Waals surface area (Å²) >= 11 is 0. The quantitative estimate of drug-likeness (QED) is 0.710. The maximum Gasteiger partial charge on any atom is 0.408 e. The van der Waals surface area contributed by atoms with E-state index in [1.54, 1.807) is 39.0 Å². The number of aliphatic hydroxyl groups is 1. The third-order valence-electron chi connectivity index (χ3n) is 3.79. The molecule has 29 heavy (non-hydrogen) atoms. The highest BCUT2D eigenvalue weighted by Gasteiger charge is 2.40. The molecule has 1 aromatic carbocycles. The first-order valence-corrected chi connectivity index (χ1v) is 9.39. The fourth-order valence-electron chi connectivity index (χ4n) is 2.57. The Labute approximate surface area is 169 Å². The standard InChI is InChI=1S/C20H28N2O7/c1-12(2)10-27-11-15(21-19(26)28-20(3,4)5)18(25)29-22-16(23)13-8-6-7-9-14(13)17(22)24/h6-9,12,15-16,23H,10-11H2,1-5H3,(H,21,26). The molecule has 9 nitrogen and oxygen atoms in total. The van der Waals surface area contributed by atoms with E-state index in [9.17, 15) is 19.5 Å². The molecule has 2 atom stereocenters. The summed E-state index contributed by atoms with van der Waals surface area (Å²) in [4.78, 5) is 42.3. The number of aliphatic hydroxyl groups excluding tert-OH is 1. The molecule has 160 valence electrons. The fraction of sp³-hybridized carbons (Fsp3) is 0.550. The van der Waals surface area contributed by atoms with E-state index >= 15 is 0 Å². The number of hydrogen-bond donors (Lipinski definition) is 2. The summed E-state index contributed by atoms with van der Waals surface area (Å²) in [7, 11) is 0. The summed E-state index contributed by atoms with van der Waals surface area (Å²) in [6, 6.07) is 5.16. The van der Waals surface area contributed by atoms with Gasteiger partial charge in [-0.1, -0.05) is 32.0 Å². The second-order valence-corrected chi connectivity index (χ2v) is 8.13. The summed E-state index contributed by atoms with van der Waals surface area (Å²) in [6.45, 7) is 9.11. The van der Waals surface area contributed by atoms with Crippen molar-refractivity contribution in [1.82, 2.24) is 10.4 Å². The van der Waals surface area contributed by atoms with Gasteiger partial charge in [-0.15, -0.1) is 5.06 Å². The molecule has 0 fully saturated rings. The van der Waals surface area contributed by atoms with Crippen LogP contribution < -0.4 is 5.32 Å². The Kier molecular flexibility index (Phi) is 7.21. The van der Waals surface area contributed by atoms with Crippen LogP contribution in [-0.4, -0.2) is 53.0 Å². The van der Waals surface area contributed by atoms with Gasteiger partial charge in [0.05, 0.1) is 12.2 Å². The molecule has 0 aromatic heterocycles. The highest BCUT2D eigenvalue weighted by Crippen LogP contribution is 2.31. The number of hydroxylamine groups is 2. The van der Waals surface area contributed by atoms with Crippen LogP contribution >= 0.6 is 0 Å². The zero-order valence-electron chi connectivity index (χ0n) is 17.3. The van der Waals surface area contributed by atoms with Gasteiger partial charge in [0, 0.05) is 12.2 Å². The molecule has 9 heteroatoms. The number of alkyl carbamates (subject to hydrolysis) is 1. The highest BCUT2D eigenvalue weighted by molar-refractivity contribution is 5.99. The second-order valence-electron chi connectivity index (χ2n) is 8.13. The van der Waals surface area contributed by atoms with Crippen molar-refractivity contribution in [3.8, 4) is 0 Å². The van der Waals surface area contributed by atoms with Gasteiger partial charge in [0.15, 0.2) is 12.3 Å². The second kappa shape index (κ2) is 9.23. The van der Waals surface area contributed by atoms with Crippen molar-refractivity contribution in [3.05, 3.63) is 35.4 Å². The lowest BCUT2D eigenvalue weighted by Gasteiger charge is -2.25. The van der Waals surface area contributed by atoms with Crippen LogP contribution in [0.25, 0.3) is 0 Å².